The summed E-state index contributed by atoms with van der Waals surface area (Å²) in [6, 6.07) is 8.64. The zero-order chi connectivity index (χ0) is 16.9. The van der Waals surface area contributed by atoms with Gasteiger partial charge in [-0.15, -0.1) is 11.3 Å². The monoisotopic (exact) mass is 345 g/mol. The second-order valence-corrected chi connectivity index (χ2v) is 6.69. The van der Waals surface area contributed by atoms with Crippen LogP contribution in [0.3, 0.4) is 0 Å². The number of aliphatic carboxylic acids is 1. The third-order valence-corrected chi connectivity index (χ3v) is 4.95. The third-order valence-electron chi connectivity index (χ3n) is 4.05. The Morgan fingerprint density at radius 3 is 2.88 bits per heavy atom. The van der Waals surface area contributed by atoms with Crippen LogP contribution in [0, 0.1) is 0 Å². The molecule has 1 saturated heterocycles. The quantitative estimate of drug-likeness (QED) is 0.838. The SMILES string of the molecule is O=C(NCc1nc(CN2CCC[C@@H]2C(=O)O)cs1)c1ccccc1. The summed E-state index contributed by atoms with van der Waals surface area (Å²) in [7, 11) is 0. The highest BCUT2D eigenvalue weighted by Gasteiger charge is 2.30. The van der Waals surface area contributed by atoms with Crippen molar-refractivity contribution in [1.29, 1.82) is 0 Å². The molecule has 24 heavy (non-hydrogen) atoms. The first-order valence-corrected chi connectivity index (χ1v) is 8.75. The molecule has 126 valence electrons. The molecule has 2 heterocycles. The molecule has 1 aliphatic rings. The molecule has 6 nitrogen and oxygen atoms in total. The van der Waals surface area contributed by atoms with Gasteiger partial charge in [-0.05, 0) is 31.5 Å². The Labute approximate surface area is 144 Å². The number of carbonyl (C=O) groups is 2. The van der Waals surface area contributed by atoms with Gasteiger partial charge in [-0.3, -0.25) is 14.5 Å². The van der Waals surface area contributed by atoms with Crippen LogP contribution in [0.4, 0.5) is 0 Å². The standard InChI is InChI=1S/C17H19N3O3S/c21-16(12-5-2-1-3-6-12)18-9-15-19-13(11-24-15)10-20-8-4-7-14(20)17(22)23/h1-3,5-6,11,14H,4,7-10H2,(H,18,21)(H,22,23)/t14-/m1/s1. The lowest BCUT2D eigenvalue weighted by molar-refractivity contribution is -0.142. The molecular weight excluding hydrogens is 326 g/mol. The van der Waals surface area contributed by atoms with Gasteiger partial charge in [0.25, 0.3) is 5.91 Å². The van der Waals surface area contributed by atoms with Gasteiger partial charge in [-0.1, -0.05) is 18.2 Å². The topological polar surface area (TPSA) is 82.5 Å². The van der Waals surface area contributed by atoms with Gasteiger partial charge in [0.05, 0.1) is 12.2 Å². The Morgan fingerprint density at radius 2 is 2.12 bits per heavy atom. The molecule has 2 aromatic rings. The van der Waals surface area contributed by atoms with Crippen molar-refractivity contribution >= 4 is 23.2 Å². The predicted molar refractivity (Wildman–Crippen MR) is 90.8 cm³/mol. The van der Waals surface area contributed by atoms with Gasteiger partial charge in [0, 0.05) is 17.5 Å². The Hall–Kier alpha value is -2.25. The molecule has 0 unspecified atom stereocenters. The summed E-state index contributed by atoms with van der Waals surface area (Å²) in [6.07, 6.45) is 1.60. The Kier molecular flexibility index (Phi) is 5.22. The molecule has 1 aromatic heterocycles. The van der Waals surface area contributed by atoms with Crippen molar-refractivity contribution in [2.75, 3.05) is 6.54 Å². The van der Waals surface area contributed by atoms with Crippen LogP contribution in [0.25, 0.3) is 0 Å². The lowest BCUT2D eigenvalue weighted by atomic mass is 10.2. The first-order valence-electron chi connectivity index (χ1n) is 7.87. The fourth-order valence-electron chi connectivity index (χ4n) is 2.85. The van der Waals surface area contributed by atoms with Crippen LogP contribution in [0.15, 0.2) is 35.7 Å². The lowest BCUT2D eigenvalue weighted by Gasteiger charge is -2.19. The van der Waals surface area contributed by atoms with E-state index in [9.17, 15) is 14.7 Å². The normalized spacial score (nSPS) is 17.8. The number of hydrogen-bond donors (Lipinski definition) is 2. The number of nitrogens with zero attached hydrogens (tertiary/aromatic N) is 2. The van der Waals surface area contributed by atoms with Gasteiger partial charge < -0.3 is 10.4 Å². The summed E-state index contributed by atoms with van der Waals surface area (Å²) in [4.78, 5) is 29.7. The number of benzene rings is 1. The van der Waals surface area contributed by atoms with Crippen LogP contribution >= 0.6 is 11.3 Å². The van der Waals surface area contributed by atoms with E-state index in [1.807, 2.05) is 28.5 Å². The molecule has 1 aliphatic heterocycles. The van der Waals surface area contributed by atoms with Crippen LogP contribution in [0.1, 0.15) is 33.9 Å². The molecule has 2 N–H and O–H groups in total. The molecule has 0 spiro atoms. The lowest BCUT2D eigenvalue weighted by Crippen LogP contribution is -2.35. The molecule has 3 rings (SSSR count). The van der Waals surface area contributed by atoms with Crippen LogP contribution in [-0.2, 0) is 17.9 Å². The van der Waals surface area contributed by atoms with E-state index in [1.165, 1.54) is 11.3 Å². The molecule has 7 heteroatoms. The van der Waals surface area contributed by atoms with E-state index in [1.54, 1.807) is 12.1 Å². The Balaban J connectivity index is 1.54. The number of aromatic nitrogens is 1. The molecule has 1 atom stereocenters. The van der Waals surface area contributed by atoms with Gasteiger partial charge in [0.1, 0.15) is 11.0 Å². The van der Waals surface area contributed by atoms with Crippen LogP contribution in [0.2, 0.25) is 0 Å². The number of carboxylic acids is 1. The predicted octanol–water partition coefficient (Wildman–Crippen LogP) is 2.12. The van der Waals surface area contributed by atoms with Crippen LogP contribution in [0.5, 0.6) is 0 Å². The van der Waals surface area contributed by atoms with Gasteiger partial charge in [0.2, 0.25) is 0 Å². The summed E-state index contributed by atoms with van der Waals surface area (Å²) in [6.45, 7) is 1.70. The average Bonchev–Trinajstić information content (AvgIpc) is 3.23. The summed E-state index contributed by atoms with van der Waals surface area (Å²) in [5.74, 6) is -0.893. The minimum atomic E-state index is -0.766. The fourth-order valence-corrected chi connectivity index (χ4v) is 3.58. The molecule has 0 saturated carbocycles. The minimum absolute atomic E-state index is 0.127. The Morgan fingerprint density at radius 1 is 1.33 bits per heavy atom. The van der Waals surface area contributed by atoms with Crippen molar-refractivity contribution < 1.29 is 14.7 Å². The summed E-state index contributed by atoms with van der Waals surface area (Å²) in [5.41, 5.74) is 1.48. The molecule has 0 radical (unpaired) electrons. The maximum Gasteiger partial charge on any atom is 0.320 e. The number of rotatable bonds is 6. The Bertz CT molecular complexity index is 717. The van der Waals surface area contributed by atoms with Gasteiger partial charge in [0.15, 0.2) is 0 Å². The first-order chi connectivity index (χ1) is 11.6. The number of carboxylic acid groups (broad SMARTS) is 1. The highest BCUT2D eigenvalue weighted by atomic mass is 32.1. The van der Waals surface area contributed by atoms with Gasteiger partial charge in [-0.2, -0.15) is 0 Å². The summed E-state index contributed by atoms with van der Waals surface area (Å²) in [5, 5.41) is 14.8. The van der Waals surface area contributed by atoms with Crippen molar-refractivity contribution in [2.24, 2.45) is 0 Å². The molecule has 0 aliphatic carbocycles. The smallest absolute Gasteiger partial charge is 0.320 e. The minimum Gasteiger partial charge on any atom is -0.480 e. The zero-order valence-electron chi connectivity index (χ0n) is 13.1. The van der Waals surface area contributed by atoms with E-state index in [0.29, 0.717) is 25.1 Å². The highest BCUT2D eigenvalue weighted by Crippen LogP contribution is 2.21. The molecule has 0 bridgehead atoms. The van der Waals surface area contributed by atoms with E-state index < -0.39 is 12.0 Å². The fraction of sp³-hybridized carbons (Fsp3) is 0.353. The van der Waals surface area contributed by atoms with Gasteiger partial charge >= 0.3 is 5.97 Å². The summed E-state index contributed by atoms with van der Waals surface area (Å²) >= 11 is 1.48. The highest BCUT2D eigenvalue weighted by molar-refractivity contribution is 7.09. The maximum atomic E-state index is 12.0. The van der Waals surface area contributed by atoms with Crippen LogP contribution in [-0.4, -0.2) is 39.5 Å². The van der Waals surface area contributed by atoms with Crippen molar-refractivity contribution in [3.8, 4) is 0 Å². The average molecular weight is 345 g/mol. The number of carbonyl (C=O) groups excluding carboxylic acids is 1. The number of likely N-dealkylation sites (tertiary alicyclic amines) is 1. The second kappa shape index (κ2) is 7.55. The number of hydrogen-bond acceptors (Lipinski definition) is 5. The molecule has 1 fully saturated rings. The van der Waals surface area contributed by atoms with E-state index in [0.717, 1.165) is 23.7 Å². The molecule has 1 aromatic carbocycles. The second-order valence-electron chi connectivity index (χ2n) is 5.75. The largest absolute Gasteiger partial charge is 0.480 e. The first kappa shape index (κ1) is 16.6. The van der Waals surface area contributed by atoms with Gasteiger partial charge in [-0.25, -0.2) is 4.98 Å². The number of thiazole rings is 1. The molecule has 1 amide bonds. The van der Waals surface area contributed by atoms with E-state index in [-0.39, 0.29) is 5.91 Å². The molecular formula is C17H19N3O3S. The maximum absolute atomic E-state index is 12.0. The summed E-state index contributed by atoms with van der Waals surface area (Å²) < 4.78 is 0. The third kappa shape index (κ3) is 3.98. The van der Waals surface area contributed by atoms with Crippen LogP contribution < -0.4 is 5.32 Å². The van der Waals surface area contributed by atoms with Crippen molar-refractivity contribution in [1.82, 2.24) is 15.2 Å². The van der Waals surface area contributed by atoms with E-state index >= 15 is 0 Å². The number of amides is 1. The van der Waals surface area contributed by atoms with Crippen molar-refractivity contribution in [3.05, 3.63) is 52.0 Å². The van der Waals surface area contributed by atoms with E-state index in [2.05, 4.69) is 10.3 Å². The number of nitrogens with one attached hydrogen (secondary N) is 1. The van der Waals surface area contributed by atoms with Crippen molar-refractivity contribution in [3.63, 3.8) is 0 Å². The van der Waals surface area contributed by atoms with Crippen molar-refractivity contribution in [2.45, 2.75) is 32.0 Å². The van der Waals surface area contributed by atoms with E-state index in [4.69, 9.17) is 0 Å². The zero-order valence-corrected chi connectivity index (χ0v) is 14.0.